The predicted molar refractivity (Wildman–Crippen MR) is 156 cm³/mol. The molecule has 7 nitrogen and oxygen atoms in total. The molecule has 3 aliphatic heterocycles. The number of allylic oxidation sites excluding steroid dienone is 1. The first-order chi connectivity index (χ1) is 18.5. The maximum absolute atomic E-state index is 12.1. The Labute approximate surface area is 227 Å². The normalized spacial score (nSPS) is 18.4. The van der Waals surface area contributed by atoms with Crippen LogP contribution in [0.1, 0.15) is 23.6 Å². The Morgan fingerprint density at radius 1 is 0.895 bits per heavy atom. The summed E-state index contributed by atoms with van der Waals surface area (Å²) < 4.78 is 12.1. The lowest BCUT2D eigenvalue weighted by Crippen LogP contribution is -2.47. The van der Waals surface area contributed by atoms with Gasteiger partial charge in [0.25, 0.3) is 0 Å². The Kier molecular flexibility index (Phi) is 6.71. The topological polar surface area (TPSA) is 66.7 Å². The summed E-state index contributed by atoms with van der Waals surface area (Å²) in [5.74, 6) is 3.04. The highest BCUT2D eigenvalue weighted by Crippen LogP contribution is 2.38. The van der Waals surface area contributed by atoms with E-state index < -0.39 is 10.8 Å². The second kappa shape index (κ2) is 10.3. The van der Waals surface area contributed by atoms with Crippen LogP contribution in [-0.4, -0.2) is 71.4 Å². The lowest BCUT2D eigenvalue weighted by molar-refractivity contribution is 0.322. The van der Waals surface area contributed by atoms with E-state index in [4.69, 9.17) is 4.98 Å². The summed E-state index contributed by atoms with van der Waals surface area (Å²) in [5.41, 5.74) is 5.31. The third-order valence-corrected chi connectivity index (χ3v) is 9.44. The maximum Gasteiger partial charge on any atom is 0.149 e. The predicted octanol–water partition coefficient (Wildman–Crippen LogP) is 3.89. The van der Waals surface area contributed by atoms with Gasteiger partial charge in [0.1, 0.15) is 17.7 Å². The number of benzene rings is 2. The second-order valence-electron chi connectivity index (χ2n) is 10.4. The average molecular weight is 527 g/mol. The van der Waals surface area contributed by atoms with Gasteiger partial charge >= 0.3 is 0 Å². The molecule has 2 aromatic carbocycles. The number of nitrogens with zero attached hydrogens (tertiary/aromatic N) is 6. The van der Waals surface area contributed by atoms with Crippen molar-refractivity contribution in [1.82, 2.24) is 9.88 Å². The number of pyridine rings is 1. The van der Waals surface area contributed by atoms with Crippen LogP contribution < -0.4 is 14.7 Å². The highest BCUT2D eigenvalue weighted by molar-refractivity contribution is 7.85. The molecule has 0 radical (unpaired) electrons. The summed E-state index contributed by atoms with van der Waals surface area (Å²) in [5, 5.41) is 12.9. The van der Waals surface area contributed by atoms with Crippen molar-refractivity contribution in [2.45, 2.75) is 19.9 Å². The van der Waals surface area contributed by atoms with E-state index in [0.717, 1.165) is 62.0 Å². The van der Waals surface area contributed by atoms with Crippen molar-refractivity contribution in [3.63, 3.8) is 0 Å². The van der Waals surface area contributed by atoms with Crippen molar-refractivity contribution in [2.24, 2.45) is 0 Å². The monoisotopic (exact) mass is 526 g/mol. The third kappa shape index (κ3) is 4.49. The highest BCUT2D eigenvalue weighted by atomic mass is 32.2. The van der Waals surface area contributed by atoms with E-state index in [1.165, 1.54) is 22.0 Å². The Balaban J connectivity index is 1.43. The lowest BCUT2D eigenvalue weighted by Gasteiger charge is -2.40. The van der Waals surface area contributed by atoms with Gasteiger partial charge in [0, 0.05) is 97.0 Å². The number of fused-ring (bicyclic) bond motifs is 2. The van der Waals surface area contributed by atoms with E-state index in [1.54, 1.807) is 0 Å². The molecule has 0 spiro atoms. The molecule has 8 heteroatoms. The molecule has 3 aliphatic rings. The van der Waals surface area contributed by atoms with E-state index in [1.807, 2.05) is 0 Å². The van der Waals surface area contributed by atoms with Crippen molar-refractivity contribution in [3.05, 3.63) is 71.4 Å². The molecule has 4 heterocycles. The van der Waals surface area contributed by atoms with E-state index in [0.29, 0.717) is 36.7 Å². The highest BCUT2D eigenvalue weighted by Gasteiger charge is 2.32. The molecule has 2 fully saturated rings. The number of anilines is 3. The van der Waals surface area contributed by atoms with Gasteiger partial charge in [-0.05, 0) is 30.4 Å². The molecule has 0 aliphatic carbocycles. The fraction of sp³-hybridized carbons (Fsp3) is 0.400. The van der Waals surface area contributed by atoms with Gasteiger partial charge in [0.05, 0.1) is 5.56 Å². The fourth-order valence-electron chi connectivity index (χ4n) is 6.05. The Bertz CT molecular complexity index is 1440. The standard InChI is InChI=1S/C30H34N6OS/c1-22(2)33-12-14-34(15-13-33)29-25-10-11-36(28-9-5-7-23-6-3-4-8-24(23)28)21-27(25)26(20-31)30(32-29)35-16-18-38(37)19-17-35/h3-9H,1,10-19,21H2,2H3. The van der Waals surface area contributed by atoms with Crippen LogP contribution in [0.4, 0.5) is 17.3 Å². The Hall–Kier alpha value is -3.57. The zero-order valence-electron chi connectivity index (χ0n) is 22.0. The molecule has 0 unspecified atom stereocenters. The lowest BCUT2D eigenvalue weighted by atomic mass is 9.94. The van der Waals surface area contributed by atoms with Gasteiger partial charge in [0.15, 0.2) is 0 Å². The molecule has 3 aromatic rings. The van der Waals surface area contributed by atoms with Crippen LogP contribution >= 0.6 is 0 Å². The van der Waals surface area contributed by atoms with E-state index in [-0.39, 0.29) is 0 Å². The number of aromatic nitrogens is 1. The minimum absolute atomic E-state index is 0.623. The zero-order chi connectivity index (χ0) is 26.2. The van der Waals surface area contributed by atoms with Crippen molar-refractivity contribution in [3.8, 4) is 6.07 Å². The maximum atomic E-state index is 12.1. The molecule has 2 saturated heterocycles. The average Bonchev–Trinajstić information content (AvgIpc) is 2.96. The van der Waals surface area contributed by atoms with Gasteiger partial charge < -0.3 is 19.6 Å². The molecular weight excluding hydrogens is 492 g/mol. The molecular formula is C30H34N6OS. The quantitative estimate of drug-likeness (QED) is 0.511. The SMILES string of the molecule is C=C(C)N1CCN(c2nc(N3CCS(=O)CC3)c(C#N)c3c2CCN(c2cccc4ccccc24)C3)CC1. The molecule has 196 valence electrons. The summed E-state index contributed by atoms with van der Waals surface area (Å²) in [6, 6.07) is 17.5. The second-order valence-corrected chi connectivity index (χ2v) is 12.1. The summed E-state index contributed by atoms with van der Waals surface area (Å²) in [6.45, 7) is 12.7. The first kappa shape index (κ1) is 24.7. The number of nitriles is 1. The number of hydrogen-bond donors (Lipinski definition) is 0. The van der Waals surface area contributed by atoms with Crippen molar-refractivity contribution >= 4 is 38.9 Å². The first-order valence-corrected chi connectivity index (χ1v) is 15.0. The van der Waals surface area contributed by atoms with Gasteiger partial charge in [0.2, 0.25) is 0 Å². The Morgan fingerprint density at radius 2 is 1.61 bits per heavy atom. The molecule has 0 atom stereocenters. The molecule has 0 bridgehead atoms. The largest absolute Gasteiger partial charge is 0.372 e. The minimum Gasteiger partial charge on any atom is -0.372 e. The first-order valence-electron chi connectivity index (χ1n) is 13.5. The smallest absolute Gasteiger partial charge is 0.149 e. The number of piperazine rings is 1. The van der Waals surface area contributed by atoms with Crippen LogP contribution in [0.25, 0.3) is 10.8 Å². The zero-order valence-corrected chi connectivity index (χ0v) is 22.8. The van der Waals surface area contributed by atoms with Crippen LogP contribution in [0.3, 0.4) is 0 Å². The molecule has 6 rings (SSSR count). The number of rotatable bonds is 4. The summed E-state index contributed by atoms with van der Waals surface area (Å²) in [4.78, 5) is 14.6. The Morgan fingerprint density at radius 3 is 2.34 bits per heavy atom. The molecule has 0 N–H and O–H groups in total. The van der Waals surface area contributed by atoms with Gasteiger partial charge in [-0.2, -0.15) is 5.26 Å². The van der Waals surface area contributed by atoms with Crippen LogP contribution in [0, 0.1) is 11.3 Å². The van der Waals surface area contributed by atoms with Crippen LogP contribution in [0.2, 0.25) is 0 Å². The van der Waals surface area contributed by atoms with Crippen LogP contribution in [-0.2, 0) is 23.8 Å². The molecule has 38 heavy (non-hydrogen) atoms. The fourth-order valence-corrected chi connectivity index (χ4v) is 7.10. The molecule has 0 saturated carbocycles. The van der Waals surface area contributed by atoms with E-state index in [9.17, 15) is 9.47 Å². The van der Waals surface area contributed by atoms with Crippen LogP contribution in [0.15, 0.2) is 54.7 Å². The summed E-state index contributed by atoms with van der Waals surface area (Å²) in [6.07, 6.45) is 0.848. The van der Waals surface area contributed by atoms with Gasteiger partial charge in [-0.25, -0.2) is 4.98 Å². The van der Waals surface area contributed by atoms with Gasteiger partial charge in [-0.1, -0.05) is 43.0 Å². The van der Waals surface area contributed by atoms with Gasteiger partial charge in [-0.3, -0.25) is 4.21 Å². The van der Waals surface area contributed by atoms with Gasteiger partial charge in [-0.15, -0.1) is 0 Å². The van der Waals surface area contributed by atoms with Crippen molar-refractivity contribution in [1.29, 1.82) is 5.26 Å². The molecule has 1 aromatic heterocycles. The van der Waals surface area contributed by atoms with Crippen LogP contribution in [0.5, 0.6) is 0 Å². The molecule has 0 amide bonds. The summed E-state index contributed by atoms with van der Waals surface area (Å²) >= 11 is 0. The number of hydrogen-bond acceptors (Lipinski definition) is 7. The van der Waals surface area contributed by atoms with E-state index >= 15 is 0 Å². The van der Waals surface area contributed by atoms with Crippen molar-refractivity contribution < 1.29 is 4.21 Å². The summed E-state index contributed by atoms with van der Waals surface area (Å²) in [7, 11) is -0.792. The van der Waals surface area contributed by atoms with Crippen molar-refractivity contribution in [2.75, 3.05) is 72.0 Å². The third-order valence-electron chi connectivity index (χ3n) is 8.17. The minimum atomic E-state index is -0.792. The van der Waals surface area contributed by atoms with E-state index in [2.05, 4.69) is 81.6 Å².